The minimum atomic E-state index is -0.381. The van der Waals surface area contributed by atoms with Crippen molar-refractivity contribution < 1.29 is 14.3 Å². The zero-order chi connectivity index (χ0) is 31.8. The summed E-state index contributed by atoms with van der Waals surface area (Å²) in [5, 5.41) is 5.70. The van der Waals surface area contributed by atoms with Crippen molar-refractivity contribution >= 4 is 35.2 Å². The molecule has 0 atom stereocenters. The van der Waals surface area contributed by atoms with Crippen LogP contribution in [0.2, 0.25) is 0 Å². The van der Waals surface area contributed by atoms with Gasteiger partial charge in [-0.15, -0.1) is 0 Å². The number of morpholine rings is 1. The lowest BCUT2D eigenvalue weighted by atomic mass is 10.2. The van der Waals surface area contributed by atoms with E-state index in [4.69, 9.17) is 19.7 Å². The third-order valence-electron chi connectivity index (χ3n) is 7.93. The van der Waals surface area contributed by atoms with E-state index < -0.39 is 0 Å². The average molecular weight is 617 g/mol. The van der Waals surface area contributed by atoms with E-state index in [1.165, 1.54) is 0 Å². The summed E-state index contributed by atoms with van der Waals surface area (Å²) in [6.07, 6.45) is 1.05. The fourth-order valence-electron chi connectivity index (χ4n) is 5.14. The van der Waals surface area contributed by atoms with Crippen LogP contribution < -0.4 is 20.4 Å². The van der Waals surface area contributed by atoms with Crippen molar-refractivity contribution in [1.29, 1.82) is 0 Å². The van der Waals surface area contributed by atoms with Gasteiger partial charge in [-0.05, 0) is 82.6 Å². The third-order valence-corrected chi connectivity index (χ3v) is 7.93. The molecule has 13 heteroatoms. The van der Waals surface area contributed by atoms with Crippen LogP contribution in [0.4, 0.5) is 28.1 Å². The number of anilines is 4. The zero-order valence-electron chi connectivity index (χ0n) is 26.7. The van der Waals surface area contributed by atoms with Crippen molar-refractivity contribution in [2.24, 2.45) is 0 Å². The van der Waals surface area contributed by atoms with Gasteiger partial charge in [-0.25, -0.2) is 4.79 Å². The van der Waals surface area contributed by atoms with Gasteiger partial charge in [0.25, 0.3) is 5.91 Å². The van der Waals surface area contributed by atoms with Gasteiger partial charge < -0.3 is 39.9 Å². The maximum atomic E-state index is 12.7. The number of ether oxygens (including phenoxy) is 1. The summed E-state index contributed by atoms with van der Waals surface area (Å²) in [7, 11) is 7.88. The van der Waals surface area contributed by atoms with Crippen molar-refractivity contribution in [2.45, 2.75) is 6.42 Å². The van der Waals surface area contributed by atoms with Gasteiger partial charge in [0.15, 0.2) is 5.82 Å². The molecule has 2 aromatic carbocycles. The first-order chi connectivity index (χ1) is 21.7. The first kappa shape index (κ1) is 32.1. The molecule has 1 aromatic heterocycles. The molecule has 2 saturated heterocycles. The number of urea groups is 1. The van der Waals surface area contributed by atoms with Crippen LogP contribution in [-0.4, -0.2) is 135 Å². The Hall–Kier alpha value is -4.33. The summed E-state index contributed by atoms with van der Waals surface area (Å²) < 4.78 is 5.55. The Bertz CT molecular complexity index is 1430. The molecule has 0 radical (unpaired) electrons. The number of hydrogen-bond donors (Lipinski definition) is 2. The van der Waals surface area contributed by atoms with E-state index in [1.54, 1.807) is 36.2 Å². The first-order valence-corrected chi connectivity index (χ1v) is 15.5. The Kier molecular flexibility index (Phi) is 10.8. The van der Waals surface area contributed by atoms with Gasteiger partial charge in [-0.1, -0.05) is 0 Å². The van der Waals surface area contributed by atoms with Crippen LogP contribution >= 0.6 is 0 Å². The van der Waals surface area contributed by atoms with Crippen molar-refractivity contribution in [3.05, 3.63) is 54.1 Å². The van der Waals surface area contributed by atoms with Gasteiger partial charge in [0, 0.05) is 75.4 Å². The fraction of sp³-hybridized carbons (Fsp3) is 0.469. The van der Waals surface area contributed by atoms with Gasteiger partial charge in [0.05, 0.1) is 13.2 Å². The van der Waals surface area contributed by atoms with E-state index in [1.807, 2.05) is 43.3 Å². The van der Waals surface area contributed by atoms with Gasteiger partial charge in [0.1, 0.15) is 0 Å². The van der Waals surface area contributed by atoms with Crippen LogP contribution in [-0.2, 0) is 4.74 Å². The average Bonchev–Trinajstić information content (AvgIpc) is 3.28. The monoisotopic (exact) mass is 616 g/mol. The number of benzene rings is 2. The molecule has 3 amide bonds. The quantitative estimate of drug-likeness (QED) is 0.371. The number of amides is 3. The molecule has 5 rings (SSSR count). The standard InChI is InChI=1S/C32H44N10O3/c1-38(2)16-18-40(4)29(43)25-8-12-27(13-9-25)34-32(44)33-26-10-6-24(7-11-26)28-35-30(41-15-5-14-39(3)17-19-41)37-31(36-28)42-20-22-45-23-21-42/h6-13H,5,14-23H2,1-4H3,(H2,33,34,44). The van der Waals surface area contributed by atoms with Crippen LogP contribution in [0.1, 0.15) is 16.8 Å². The highest BCUT2D eigenvalue weighted by molar-refractivity contribution is 6.00. The van der Waals surface area contributed by atoms with Gasteiger partial charge in [0.2, 0.25) is 11.9 Å². The molecular weight excluding hydrogens is 572 g/mol. The Morgan fingerprint density at radius 3 is 1.98 bits per heavy atom. The van der Waals surface area contributed by atoms with Crippen molar-refractivity contribution in [1.82, 2.24) is 29.7 Å². The summed E-state index contributed by atoms with van der Waals surface area (Å²) in [5.41, 5.74) is 2.62. The third kappa shape index (κ3) is 8.87. The molecule has 0 bridgehead atoms. The summed E-state index contributed by atoms with van der Waals surface area (Å²) in [6, 6.07) is 14.0. The largest absolute Gasteiger partial charge is 0.378 e. The van der Waals surface area contributed by atoms with Crippen LogP contribution in [0.3, 0.4) is 0 Å². The highest BCUT2D eigenvalue weighted by Crippen LogP contribution is 2.24. The number of likely N-dealkylation sites (N-methyl/N-ethyl adjacent to an activating group) is 3. The van der Waals surface area contributed by atoms with E-state index >= 15 is 0 Å². The van der Waals surface area contributed by atoms with Gasteiger partial charge in [-0.3, -0.25) is 4.79 Å². The van der Waals surface area contributed by atoms with Crippen LogP contribution in [0, 0.1) is 0 Å². The molecule has 3 heterocycles. The van der Waals surface area contributed by atoms with E-state index in [0.717, 1.165) is 57.8 Å². The number of rotatable bonds is 9. The second-order valence-corrected chi connectivity index (χ2v) is 11.8. The van der Waals surface area contributed by atoms with E-state index in [-0.39, 0.29) is 11.9 Å². The fourth-order valence-corrected chi connectivity index (χ4v) is 5.14. The SMILES string of the molecule is CN(C)CCN(C)C(=O)c1ccc(NC(=O)Nc2ccc(-c3nc(N4CCOCC4)nc(N4CCCN(C)CC4)n3)cc2)cc1. The van der Waals surface area contributed by atoms with Crippen LogP contribution in [0.15, 0.2) is 48.5 Å². The summed E-state index contributed by atoms with van der Waals surface area (Å²) in [6.45, 7) is 7.91. The van der Waals surface area contributed by atoms with Gasteiger partial charge >= 0.3 is 6.03 Å². The highest BCUT2D eigenvalue weighted by Gasteiger charge is 2.21. The first-order valence-electron chi connectivity index (χ1n) is 15.5. The van der Waals surface area contributed by atoms with Crippen LogP contribution in [0.25, 0.3) is 11.4 Å². The Morgan fingerprint density at radius 2 is 1.36 bits per heavy atom. The van der Waals surface area contributed by atoms with E-state index in [9.17, 15) is 9.59 Å². The Morgan fingerprint density at radius 1 is 0.756 bits per heavy atom. The van der Waals surface area contributed by atoms with Crippen molar-refractivity contribution in [3.8, 4) is 11.4 Å². The molecule has 2 fully saturated rings. The van der Waals surface area contributed by atoms with Crippen molar-refractivity contribution in [3.63, 3.8) is 0 Å². The molecule has 2 aliphatic rings. The zero-order valence-corrected chi connectivity index (χ0v) is 26.7. The number of aromatic nitrogens is 3. The normalized spacial score (nSPS) is 15.9. The van der Waals surface area contributed by atoms with Crippen molar-refractivity contribution in [2.75, 3.05) is 114 Å². The maximum Gasteiger partial charge on any atom is 0.323 e. The second kappa shape index (κ2) is 15.1. The topological polar surface area (TPSA) is 122 Å². The molecular formula is C32H44N10O3. The lowest BCUT2D eigenvalue weighted by Gasteiger charge is -2.28. The smallest absolute Gasteiger partial charge is 0.323 e. The molecule has 0 aliphatic carbocycles. The molecule has 0 spiro atoms. The number of carbonyl (C=O) groups excluding carboxylic acids is 2. The van der Waals surface area contributed by atoms with Gasteiger partial charge in [-0.2, -0.15) is 15.0 Å². The molecule has 3 aromatic rings. The summed E-state index contributed by atoms with van der Waals surface area (Å²) in [5.74, 6) is 1.88. The highest BCUT2D eigenvalue weighted by atomic mass is 16.5. The van der Waals surface area contributed by atoms with Crippen LogP contribution in [0.5, 0.6) is 0 Å². The minimum absolute atomic E-state index is 0.0608. The molecule has 240 valence electrons. The molecule has 0 unspecified atom stereocenters. The molecule has 2 aliphatic heterocycles. The number of nitrogens with one attached hydrogen (secondary N) is 2. The predicted molar refractivity (Wildman–Crippen MR) is 177 cm³/mol. The predicted octanol–water partition coefficient (Wildman–Crippen LogP) is 2.79. The second-order valence-electron chi connectivity index (χ2n) is 11.8. The lowest BCUT2D eigenvalue weighted by Crippen LogP contribution is -2.38. The number of carbonyl (C=O) groups is 2. The molecule has 2 N–H and O–H groups in total. The minimum Gasteiger partial charge on any atom is -0.378 e. The van der Waals surface area contributed by atoms with E-state index in [2.05, 4.69) is 32.4 Å². The number of nitrogens with zero attached hydrogens (tertiary/aromatic N) is 8. The molecule has 0 saturated carbocycles. The maximum absolute atomic E-state index is 12.7. The molecule has 45 heavy (non-hydrogen) atoms. The lowest BCUT2D eigenvalue weighted by molar-refractivity contribution is 0.0786. The Labute approximate surface area is 265 Å². The summed E-state index contributed by atoms with van der Waals surface area (Å²) in [4.78, 5) is 50.4. The van der Waals surface area contributed by atoms with E-state index in [0.29, 0.717) is 54.4 Å². The Balaban J connectivity index is 1.24. The summed E-state index contributed by atoms with van der Waals surface area (Å²) >= 11 is 0. The molecule has 13 nitrogen and oxygen atoms in total. The number of hydrogen-bond acceptors (Lipinski definition) is 10.